The van der Waals surface area contributed by atoms with Crippen molar-refractivity contribution in [3.8, 4) is 0 Å². The molecule has 0 N–H and O–H groups in total. The van der Waals surface area contributed by atoms with E-state index >= 15 is 0 Å². The van der Waals surface area contributed by atoms with E-state index in [9.17, 15) is 9.13 Å². The topological polar surface area (TPSA) is 89.5 Å². The third kappa shape index (κ3) is 13.8. The van der Waals surface area contributed by atoms with Crippen molar-refractivity contribution < 1.29 is 36.3 Å². The molecule has 0 aromatic carbocycles. The zero-order valence-corrected chi connectivity index (χ0v) is 21.4. The van der Waals surface area contributed by atoms with Crippen molar-refractivity contribution in [1.29, 1.82) is 0 Å². The molecular weight excluding hydrogens is 430 g/mol. The van der Waals surface area contributed by atoms with Crippen LogP contribution in [0, 0.1) is 0 Å². The van der Waals surface area contributed by atoms with Crippen molar-refractivity contribution >= 4 is 15.6 Å². The van der Waals surface area contributed by atoms with E-state index in [0.29, 0.717) is 0 Å². The Balaban J connectivity index is 5.25. The van der Waals surface area contributed by atoms with Gasteiger partial charge in [-0.1, -0.05) is 53.4 Å². The van der Waals surface area contributed by atoms with Crippen LogP contribution in [-0.2, 0) is 36.3 Å². The number of hydrogen-bond donors (Lipinski definition) is 0. The molecule has 0 bridgehead atoms. The van der Waals surface area contributed by atoms with E-state index in [2.05, 4.69) is 0 Å². The fraction of sp³-hybridized carbons (Fsp3) is 0.900. The van der Waals surface area contributed by atoms with Crippen molar-refractivity contribution in [2.24, 2.45) is 0 Å². The maximum absolute atomic E-state index is 13.0. The molecule has 0 saturated heterocycles. The van der Waals surface area contributed by atoms with Gasteiger partial charge < -0.3 is 9.05 Å². The Kier molecular flexibility index (Phi) is 17.0. The molecule has 0 saturated carbocycles. The largest absolute Gasteiger partial charge is 0.529 e. The molecule has 0 aromatic rings. The van der Waals surface area contributed by atoms with Gasteiger partial charge in [-0.15, -0.1) is 0 Å². The first-order chi connectivity index (χ1) is 14.3. The van der Waals surface area contributed by atoms with Gasteiger partial charge in [-0.05, 0) is 39.5 Å². The average molecular weight is 472 g/mol. The first-order valence-corrected chi connectivity index (χ1v) is 14.0. The molecule has 8 nitrogen and oxygen atoms in total. The normalized spacial score (nSPS) is 13.3. The summed E-state index contributed by atoms with van der Waals surface area (Å²) in [6.45, 7) is 12.1. The second-order valence-corrected chi connectivity index (χ2v) is 10.1. The number of rotatable bonds is 20. The Bertz CT molecular complexity index is 489. The maximum Gasteiger partial charge on any atom is 0.529 e. The molecule has 0 aliphatic carbocycles. The lowest BCUT2D eigenvalue weighted by Gasteiger charge is -2.22. The average Bonchev–Trinajstić information content (AvgIpc) is 2.68. The highest BCUT2D eigenvalue weighted by atomic mass is 31.2. The number of unbranched alkanes of at least 4 members (excludes halogenated alkanes) is 4. The van der Waals surface area contributed by atoms with Gasteiger partial charge in [-0.3, -0.25) is 18.1 Å². The smallest absolute Gasteiger partial charge is 0.405 e. The van der Waals surface area contributed by atoms with E-state index in [1.165, 1.54) is 0 Å². The summed E-state index contributed by atoms with van der Waals surface area (Å²) in [4.78, 5) is 0. The third-order valence-corrected chi connectivity index (χ3v) is 6.97. The Morgan fingerprint density at radius 2 is 0.767 bits per heavy atom. The van der Waals surface area contributed by atoms with Crippen molar-refractivity contribution in [2.45, 2.75) is 92.9 Å². The van der Waals surface area contributed by atoms with E-state index < -0.39 is 15.6 Å². The van der Waals surface area contributed by atoms with Crippen LogP contribution in [-0.4, -0.2) is 26.4 Å². The van der Waals surface area contributed by atoms with Gasteiger partial charge >= 0.3 is 15.6 Å². The van der Waals surface area contributed by atoms with E-state index in [0.717, 1.165) is 51.4 Å². The molecule has 0 aliphatic heterocycles. The van der Waals surface area contributed by atoms with Crippen molar-refractivity contribution in [1.82, 2.24) is 0 Å². The molecule has 0 aliphatic rings. The fourth-order valence-electron chi connectivity index (χ4n) is 1.93. The molecule has 0 fully saturated rings. The minimum absolute atomic E-state index is 0.143. The van der Waals surface area contributed by atoms with Crippen LogP contribution in [0.15, 0.2) is 11.5 Å². The van der Waals surface area contributed by atoms with Gasteiger partial charge in [0, 0.05) is 0 Å². The van der Waals surface area contributed by atoms with E-state index in [-0.39, 0.29) is 37.9 Å². The zero-order chi connectivity index (χ0) is 22.9. The van der Waals surface area contributed by atoms with Crippen molar-refractivity contribution in [2.75, 3.05) is 26.4 Å². The molecule has 0 rings (SSSR count). The second kappa shape index (κ2) is 17.2. The molecule has 0 atom stereocenters. The fourth-order valence-corrected chi connectivity index (χ4v) is 4.63. The molecule has 10 heteroatoms. The summed E-state index contributed by atoms with van der Waals surface area (Å²) in [7, 11) is -7.63. The van der Waals surface area contributed by atoms with Gasteiger partial charge in [-0.2, -0.15) is 0 Å². The summed E-state index contributed by atoms with van der Waals surface area (Å²) >= 11 is 0. The van der Waals surface area contributed by atoms with Crippen LogP contribution in [0.2, 0.25) is 0 Å². The molecular formula is C20H42O8P2. The van der Waals surface area contributed by atoms with Crippen LogP contribution in [0.5, 0.6) is 0 Å². The third-order valence-electron chi connectivity index (χ3n) is 3.98. The lowest BCUT2D eigenvalue weighted by atomic mass is 10.4. The zero-order valence-electron chi connectivity index (χ0n) is 19.6. The molecule has 0 radical (unpaired) electrons. The van der Waals surface area contributed by atoms with Crippen LogP contribution in [0.3, 0.4) is 0 Å². The minimum atomic E-state index is -3.82. The summed E-state index contributed by atoms with van der Waals surface area (Å²) in [5.74, 6) is 0.287. The van der Waals surface area contributed by atoms with Crippen molar-refractivity contribution in [3.05, 3.63) is 11.5 Å². The molecule has 0 unspecified atom stereocenters. The van der Waals surface area contributed by atoms with Crippen LogP contribution >= 0.6 is 15.6 Å². The van der Waals surface area contributed by atoms with Gasteiger partial charge in [0.05, 0.1) is 26.4 Å². The van der Waals surface area contributed by atoms with Gasteiger partial charge in [0.25, 0.3) is 0 Å². The van der Waals surface area contributed by atoms with Crippen LogP contribution in [0.1, 0.15) is 92.9 Å². The van der Waals surface area contributed by atoms with E-state index in [4.69, 9.17) is 27.1 Å². The first kappa shape index (κ1) is 29.6. The second-order valence-electron chi connectivity index (χ2n) is 6.94. The summed E-state index contributed by atoms with van der Waals surface area (Å²) in [6.07, 6.45) is 6.48. The van der Waals surface area contributed by atoms with Gasteiger partial charge in [0.1, 0.15) is 11.5 Å². The Hall–Kier alpha value is -0.360. The van der Waals surface area contributed by atoms with Crippen LogP contribution in [0.4, 0.5) is 0 Å². The predicted octanol–water partition coefficient (Wildman–Crippen LogP) is 7.75. The number of allylic oxidation sites excluding steroid dienone is 2. The number of phosphoric acid groups is 2. The van der Waals surface area contributed by atoms with E-state index in [1.54, 1.807) is 13.8 Å². The SMILES string of the molecule is CCCCOP(=O)(OCCCC)O/C(C)=C(\C)OP(=O)(OCCCC)OCCCC. The first-order valence-electron chi connectivity index (χ1n) is 11.1. The Morgan fingerprint density at radius 1 is 0.533 bits per heavy atom. The summed E-state index contributed by atoms with van der Waals surface area (Å²) in [5, 5.41) is 0. The molecule has 30 heavy (non-hydrogen) atoms. The quantitative estimate of drug-likeness (QED) is 0.101. The molecule has 0 spiro atoms. The summed E-state index contributed by atoms with van der Waals surface area (Å²) < 4.78 is 58.7. The highest BCUT2D eigenvalue weighted by Crippen LogP contribution is 2.55. The van der Waals surface area contributed by atoms with Gasteiger partial charge in [0.2, 0.25) is 0 Å². The summed E-state index contributed by atoms with van der Waals surface area (Å²) in [6, 6.07) is 0. The van der Waals surface area contributed by atoms with Gasteiger partial charge in [0.15, 0.2) is 0 Å². The highest BCUT2D eigenvalue weighted by molar-refractivity contribution is 7.49. The van der Waals surface area contributed by atoms with Crippen LogP contribution in [0.25, 0.3) is 0 Å². The van der Waals surface area contributed by atoms with Crippen LogP contribution < -0.4 is 0 Å². The maximum atomic E-state index is 13.0. The number of hydrogen-bond acceptors (Lipinski definition) is 8. The Morgan fingerprint density at radius 3 is 0.967 bits per heavy atom. The number of phosphoric ester groups is 2. The monoisotopic (exact) mass is 472 g/mol. The Labute approximate surface area is 183 Å². The van der Waals surface area contributed by atoms with Crippen molar-refractivity contribution in [3.63, 3.8) is 0 Å². The molecule has 0 aromatic heterocycles. The predicted molar refractivity (Wildman–Crippen MR) is 119 cm³/mol. The molecule has 180 valence electrons. The minimum Gasteiger partial charge on any atom is -0.405 e. The lowest BCUT2D eigenvalue weighted by molar-refractivity contribution is 0.116. The molecule has 0 amide bonds. The highest BCUT2D eigenvalue weighted by Gasteiger charge is 2.32. The summed E-state index contributed by atoms with van der Waals surface area (Å²) in [5.41, 5.74) is 0. The molecule has 0 heterocycles. The van der Waals surface area contributed by atoms with Gasteiger partial charge in [-0.25, -0.2) is 9.13 Å². The standard InChI is InChI=1S/C20H42O8P2/c1-7-11-15-23-29(21,24-16-12-8-2)27-19(5)20(6)28-30(22,25-17-13-9-3)26-18-14-10-4/h7-18H2,1-6H3/b20-19+. The lowest BCUT2D eigenvalue weighted by Crippen LogP contribution is -2.06. The van der Waals surface area contributed by atoms with E-state index in [1.807, 2.05) is 27.7 Å².